The highest BCUT2D eigenvalue weighted by molar-refractivity contribution is 5.99. The van der Waals surface area contributed by atoms with Gasteiger partial charge in [0.05, 0.1) is 17.8 Å². The Kier molecular flexibility index (Phi) is 7.98. The summed E-state index contributed by atoms with van der Waals surface area (Å²) in [4.78, 5) is 31.6. The molecule has 3 heterocycles. The third kappa shape index (κ3) is 6.29. The fourth-order valence-electron chi connectivity index (χ4n) is 4.23. The highest BCUT2D eigenvalue weighted by atomic mass is 19.4. The van der Waals surface area contributed by atoms with Crippen molar-refractivity contribution in [3.05, 3.63) is 82.6 Å². The zero-order valence-corrected chi connectivity index (χ0v) is 20.6. The van der Waals surface area contributed by atoms with Crippen molar-refractivity contribution in [3.63, 3.8) is 0 Å². The largest absolute Gasteiger partial charge is 0.433 e. The van der Waals surface area contributed by atoms with E-state index in [1.807, 2.05) is 0 Å². The molecule has 3 aromatic rings. The number of hydrogen-bond acceptors (Lipinski definition) is 6. The monoisotopic (exact) mass is 533 g/mol. The number of likely N-dealkylation sites (tertiary alicyclic amines) is 1. The Hall–Kier alpha value is -3.96. The van der Waals surface area contributed by atoms with Crippen LogP contribution in [0.15, 0.2) is 47.8 Å². The van der Waals surface area contributed by atoms with Crippen molar-refractivity contribution in [2.45, 2.75) is 45.2 Å². The smallest absolute Gasteiger partial charge is 0.342 e. The summed E-state index contributed by atoms with van der Waals surface area (Å²) in [5, 5.41) is 3.95. The van der Waals surface area contributed by atoms with Crippen LogP contribution in [-0.2, 0) is 17.4 Å². The number of carbonyl (C=O) groups is 1. The number of halogens is 5. The third-order valence-electron chi connectivity index (χ3n) is 6.24. The number of piperidine rings is 1. The Labute approximate surface area is 215 Å². The number of carbonyl (C=O) groups excluding carboxylic acids is 1. The van der Waals surface area contributed by atoms with Crippen LogP contribution in [0.1, 0.15) is 54.0 Å². The molecular weight excluding hydrogens is 509 g/mol. The van der Waals surface area contributed by atoms with E-state index in [2.05, 4.69) is 20.1 Å². The fourth-order valence-corrected chi connectivity index (χ4v) is 4.23. The molecule has 12 heteroatoms. The van der Waals surface area contributed by atoms with Crippen molar-refractivity contribution in [2.75, 3.05) is 13.1 Å². The molecule has 1 aliphatic rings. The summed E-state index contributed by atoms with van der Waals surface area (Å²) < 4.78 is 66.7. The molecule has 0 unspecified atom stereocenters. The van der Waals surface area contributed by atoms with Crippen LogP contribution < -0.4 is 4.84 Å². The van der Waals surface area contributed by atoms with Gasteiger partial charge in [0.2, 0.25) is 11.8 Å². The van der Waals surface area contributed by atoms with Gasteiger partial charge < -0.3 is 9.74 Å². The van der Waals surface area contributed by atoms with E-state index in [0.717, 1.165) is 18.2 Å². The summed E-state index contributed by atoms with van der Waals surface area (Å²) in [6.07, 6.45) is -2.34. The van der Waals surface area contributed by atoms with E-state index < -0.39 is 23.5 Å². The SMILES string of the molecule is C/C(=N\Oc1cccc(C(F)(F)F)n1)c1cnc(C)nc1C1CCN(C(=O)Cc2c(F)cccc2F)CC1. The molecule has 1 aliphatic heterocycles. The van der Waals surface area contributed by atoms with Crippen molar-refractivity contribution < 1.29 is 31.6 Å². The number of amides is 1. The van der Waals surface area contributed by atoms with E-state index in [0.29, 0.717) is 48.7 Å². The maximum atomic E-state index is 14.0. The number of aryl methyl sites for hydroxylation is 1. The van der Waals surface area contributed by atoms with E-state index in [4.69, 9.17) is 4.84 Å². The van der Waals surface area contributed by atoms with Crippen LogP contribution in [0, 0.1) is 18.6 Å². The Morgan fingerprint density at radius 3 is 2.39 bits per heavy atom. The van der Waals surface area contributed by atoms with Gasteiger partial charge in [0.15, 0.2) is 0 Å². The maximum Gasteiger partial charge on any atom is 0.433 e. The summed E-state index contributed by atoms with van der Waals surface area (Å²) in [7, 11) is 0. The highest BCUT2D eigenvalue weighted by Crippen LogP contribution is 2.31. The Morgan fingerprint density at radius 2 is 1.74 bits per heavy atom. The number of rotatable bonds is 6. The lowest BCUT2D eigenvalue weighted by molar-refractivity contribution is -0.141. The predicted molar refractivity (Wildman–Crippen MR) is 127 cm³/mol. The molecule has 1 amide bonds. The lowest BCUT2D eigenvalue weighted by atomic mass is 9.89. The number of benzene rings is 1. The first kappa shape index (κ1) is 27.1. The summed E-state index contributed by atoms with van der Waals surface area (Å²) >= 11 is 0. The van der Waals surface area contributed by atoms with E-state index in [-0.39, 0.29) is 29.7 Å². The number of alkyl halides is 3. The molecule has 200 valence electrons. The molecule has 0 atom stereocenters. The predicted octanol–water partition coefficient (Wildman–Crippen LogP) is 5.23. The summed E-state index contributed by atoms with van der Waals surface area (Å²) in [6.45, 7) is 4.07. The van der Waals surface area contributed by atoms with Crippen LogP contribution in [0.5, 0.6) is 5.88 Å². The molecule has 38 heavy (non-hydrogen) atoms. The molecule has 1 saturated heterocycles. The Balaban J connectivity index is 1.46. The number of aromatic nitrogens is 3. The molecule has 1 aromatic carbocycles. The van der Waals surface area contributed by atoms with E-state index >= 15 is 0 Å². The first-order valence-electron chi connectivity index (χ1n) is 11.8. The van der Waals surface area contributed by atoms with Gasteiger partial charge in [-0.05, 0) is 44.9 Å². The van der Waals surface area contributed by atoms with Gasteiger partial charge in [0.25, 0.3) is 0 Å². The molecular formula is C26H24F5N5O2. The first-order chi connectivity index (χ1) is 18.0. The third-order valence-corrected chi connectivity index (χ3v) is 6.24. The molecule has 0 bridgehead atoms. The van der Waals surface area contributed by atoms with Crippen LogP contribution in [-0.4, -0.2) is 44.6 Å². The maximum absolute atomic E-state index is 14.0. The van der Waals surface area contributed by atoms with Crippen molar-refractivity contribution >= 4 is 11.6 Å². The summed E-state index contributed by atoms with van der Waals surface area (Å²) in [5.74, 6) is -1.75. The molecule has 0 aliphatic carbocycles. The number of oxime groups is 1. The first-order valence-corrected chi connectivity index (χ1v) is 11.8. The normalized spacial score (nSPS) is 15.0. The minimum Gasteiger partial charge on any atom is -0.342 e. The summed E-state index contributed by atoms with van der Waals surface area (Å²) in [6, 6.07) is 6.75. The second-order valence-electron chi connectivity index (χ2n) is 8.87. The van der Waals surface area contributed by atoms with Gasteiger partial charge in [-0.15, -0.1) is 0 Å². The molecule has 1 fully saturated rings. The molecule has 0 spiro atoms. The quantitative estimate of drug-likeness (QED) is 0.246. The van der Waals surface area contributed by atoms with Gasteiger partial charge in [-0.2, -0.15) is 13.2 Å². The van der Waals surface area contributed by atoms with Crippen molar-refractivity contribution in [2.24, 2.45) is 5.16 Å². The molecule has 2 aromatic heterocycles. The summed E-state index contributed by atoms with van der Waals surface area (Å²) in [5.41, 5.74) is 0.219. The average molecular weight is 534 g/mol. The number of pyridine rings is 1. The van der Waals surface area contributed by atoms with Gasteiger partial charge in [-0.1, -0.05) is 17.3 Å². The number of hydrogen-bond donors (Lipinski definition) is 0. The topological polar surface area (TPSA) is 80.6 Å². The Bertz CT molecular complexity index is 1330. The second-order valence-corrected chi connectivity index (χ2v) is 8.87. The Morgan fingerprint density at radius 1 is 1.08 bits per heavy atom. The highest BCUT2D eigenvalue weighted by Gasteiger charge is 2.33. The molecule has 7 nitrogen and oxygen atoms in total. The molecule has 0 N–H and O–H groups in total. The lowest BCUT2D eigenvalue weighted by Crippen LogP contribution is -2.39. The zero-order chi connectivity index (χ0) is 27.4. The van der Waals surface area contributed by atoms with Crippen LogP contribution >= 0.6 is 0 Å². The van der Waals surface area contributed by atoms with Crippen molar-refractivity contribution in [1.29, 1.82) is 0 Å². The second kappa shape index (κ2) is 11.2. The molecule has 4 rings (SSSR count). The van der Waals surface area contributed by atoms with E-state index in [1.165, 1.54) is 18.2 Å². The molecule has 0 radical (unpaired) electrons. The van der Waals surface area contributed by atoms with Crippen molar-refractivity contribution in [3.8, 4) is 5.88 Å². The van der Waals surface area contributed by atoms with E-state index in [9.17, 15) is 26.7 Å². The fraction of sp³-hybridized carbons (Fsp3) is 0.346. The number of nitrogens with zero attached hydrogens (tertiary/aromatic N) is 5. The van der Waals surface area contributed by atoms with Crippen LogP contribution in [0.3, 0.4) is 0 Å². The zero-order valence-electron chi connectivity index (χ0n) is 20.6. The standard InChI is InChI=1S/C26H24F5N5O2/c1-15(35-38-23-8-4-7-22(34-23)26(29,30)31)19-14-32-16(2)33-25(19)17-9-11-36(12-10-17)24(37)13-18-20(27)5-3-6-21(18)28/h3-8,14,17H,9-13H2,1-2H3/b35-15+. The van der Waals surface area contributed by atoms with Gasteiger partial charge in [-0.25, -0.2) is 23.7 Å². The van der Waals surface area contributed by atoms with Crippen LogP contribution in [0.2, 0.25) is 0 Å². The lowest BCUT2D eigenvalue weighted by Gasteiger charge is -2.32. The van der Waals surface area contributed by atoms with Gasteiger partial charge >= 0.3 is 6.18 Å². The van der Waals surface area contributed by atoms with Crippen molar-refractivity contribution in [1.82, 2.24) is 19.9 Å². The molecule has 0 saturated carbocycles. The minimum absolute atomic E-state index is 0.0715. The minimum atomic E-state index is -4.62. The van der Waals surface area contributed by atoms with Crippen LogP contribution in [0.4, 0.5) is 22.0 Å². The van der Waals surface area contributed by atoms with E-state index in [1.54, 1.807) is 24.9 Å². The van der Waals surface area contributed by atoms with Crippen LogP contribution in [0.25, 0.3) is 0 Å². The van der Waals surface area contributed by atoms with Gasteiger partial charge in [-0.3, -0.25) is 4.79 Å². The van der Waals surface area contributed by atoms with Gasteiger partial charge in [0.1, 0.15) is 23.2 Å². The average Bonchev–Trinajstić information content (AvgIpc) is 2.89. The van der Waals surface area contributed by atoms with Gasteiger partial charge in [0, 0.05) is 42.4 Å².